The van der Waals surface area contributed by atoms with Gasteiger partial charge in [-0.05, 0) is 61.7 Å². The Kier molecular flexibility index (Phi) is 4.98. The SMILES string of the molecule is c1cc([C@H]2C[C@@H](CN3CCNCC3)C2)ccc1CN1CCCC1. The van der Waals surface area contributed by atoms with E-state index in [1.807, 2.05) is 0 Å². The molecule has 0 aromatic heterocycles. The lowest BCUT2D eigenvalue weighted by atomic mass is 9.71. The van der Waals surface area contributed by atoms with E-state index >= 15 is 0 Å². The van der Waals surface area contributed by atoms with Gasteiger partial charge in [-0.25, -0.2) is 0 Å². The zero-order valence-corrected chi connectivity index (χ0v) is 14.3. The summed E-state index contributed by atoms with van der Waals surface area (Å²) in [6, 6.07) is 9.54. The van der Waals surface area contributed by atoms with Crippen molar-refractivity contribution in [3.63, 3.8) is 0 Å². The third-order valence-electron chi connectivity index (χ3n) is 6.02. The first-order chi connectivity index (χ1) is 11.4. The summed E-state index contributed by atoms with van der Waals surface area (Å²) in [5.41, 5.74) is 3.07. The van der Waals surface area contributed by atoms with Crippen molar-refractivity contribution in [1.82, 2.24) is 15.1 Å². The summed E-state index contributed by atoms with van der Waals surface area (Å²) in [7, 11) is 0. The van der Waals surface area contributed by atoms with Crippen molar-refractivity contribution < 1.29 is 0 Å². The molecule has 2 saturated heterocycles. The monoisotopic (exact) mass is 313 g/mol. The summed E-state index contributed by atoms with van der Waals surface area (Å²) in [6.07, 6.45) is 5.56. The third-order valence-corrected chi connectivity index (χ3v) is 6.02. The van der Waals surface area contributed by atoms with Crippen molar-refractivity contribution in [3.05, 3.63) is 35.4 Å². The topological polar surface area (TPSA) is 18.5 Å². The van der Waals surface area contributed by atoms with Crippen LogP contribution in [0.15, 0.2) is 24.3 Å². The van der Waals surface area contributed by atoms with Crippen LogP contribution >= 0.6 is 0 Å². The molecule has 0 spiro atoms. The highest BCUT2D eigenvalue weighted by atomic mass is 15.2. The first kappa shape index (κ1) is 15.6. The van der Waals surface area contributed by atoms with Gasteiger partial charge in [0.2, 0.25) is 0 Å². The Morgan fingerprint density at radius 1 is 0.870 bits per heavy atom. The Hall–Kier alpha value is -0.900. The molecule has 1 aromatic rings. The number of benzene rings is 1. The average molecular weight is 313 g/mol. The quantitative estimate of drug-likeness (QED) is 0.902. The van der Waals surface area contributed by atoms with E-state index in [1.54, 1.807) is 5.56 Å². The molecule has 0 radical (unpaired) electrons. The molecule has 2 aliphatic heterocycles. The van der Waals surface area contributed by atoms with Gasteiger partial charge in [0.05, 0.1) is 0 Å². The Morgan fingerprint density at radius 2 is 1.57 bits per heavy atom. The van der Waals surface area contributed by atoms with Crippen LogP contribution in [0, 0.1) is 5.92 Å². The predicted molar refractivity (Wildman–Crippen MR) is 95.7 cm³/mol. The molecular formula is C20H31N3. The van der Waals surface area contributed by atoms with Gasteiger partial charge in [0.15, 0.2) is 0 Å². The highest BCUT2D eigenvalue weighted by Crippen LogP contribution is 2.42. The first-order valence-electron chi connectivity index (χ1n) is 9.61. The lowest BCUT2D eigenvalue weighted by Gasteiger charge is -2.40. The number of nitrogens with zero attached hydrogens (tertiary/aromatic N) is 2. The smallest absolute Gasteiger partial charge is 0.0233 e. The van der Waals surface area contributed by atoms with E-state index in [4.69, 9.17) is 0 Å². The van der Waals surface area contributed by atoms with E-state index in [1.165, 1.54) is 77.1 Å². The van der Waals surface area contributed by atoms with Gasteiger partial charge in [0.1, 0.15) is 0 Å². The first-order valence-corrected chi connectivity index (χ1v) is 9.61. The van der Waals surface area contributed by atoms with Crippen LogP contribution in [0.5, 0.6) is 0 Å². The molecule has 0 amide bonds. The molecule has 4 rings (SSSR count). The van der Waals surface area contributed by atoms with Crippen LogP contribution in [0.4, 0.5) is 0 Å². The normalized spacial score (nSPS) is 29.6. The van der Waals surface area contributed by atoms with E-state index in [9.17, 15) is 0 Å². The zero-order chi connectivity index (χ0) is 15.5. The number of hydrogen-bond donors (Lipinski definition) is 1. The molecule has 126 valence electrons. The average Bonchev–Trinajstić information content (AvgIpc) is 3.06. The van der Waals surface area contributed by atoms with Gasteiger partial charge in [-0.15, -0.1) is 0 Å². The summed E-state index contributed by atoms with van der Waals surface area (Å²) in [5, 5.41) is 3.44. The molecule has 1 saturated carbocycles. The molecular weight excluding hydrogens is 282 g/mol. The molecule has 3 fully saturated rings. The second kappa shape index (κ2) is 7.33. The van der Waals surface area contributed by atoms with E-state index in [0.29, 0.717) is 0 Å². The highest BCUT2D eigenvalue weighted by Gasteiger charge is 2.31. The summed E-state index contributed by atoms with van der Waals surface area (Å²) >= 11 is 0. The van der Waals surface area contributed by atoms with E-state index < -0.39 is 0 Å². The molecule has 1 aromatic carbocycles. The van der Waals surface area contributed by atoms with Gasteiger partial charge >= 0.3 is 0 Å². The van der Waals surface area contributed by atoms with Crippen molar-refractivity contribution in [2.45, 2.75) is 38.1 Å². The third kappa shape index (κ3) is 3.96. The number of piperazine rings is 1. The number of likely N-dealkylation sites (tertiary alicyclic amines) is 1. The van der Waals surface area contributed by atoms with Crippen LogP contribution in [0.2, 0.25) is 0 Å². The van der Waals surface area contributed by atoms with Gasteiger partial charge in [-0.3, -0.25) is 4.90 Å². The summed E-state index contributed by atoms with van der Waals surface area (Å²) in [6.45, 7) is 9.89. The van der Waals surface area contributed by atoms with Crippen molar-refractivity contribution in [1.29, 1.82) is 0 Å². The van der Waals surface area contributed by atoms with Crippen LogP contribution in [0.25, 0.3) is 0 Å². The van der Waals surface area contributed by atoms with Crippen molar-refractivity contribution >= 4 is 0 Å². The molecule has 1 N–H and O–H groups in total. The largest absolute Gasteiger partial charge is 0.314 e. The standard InChI is InChI=1S/C20H31N3/c1-2-10-22(9-1)15-17-3-5-19(6-4-17)20-13-18(14-20)16-23-11-7-21-8-12-23/h3-6,18,20-21H,1-2,7-16H2/t18-,20+. The Labute approximate surface area is 141 Å². The predicted octanol–water partition coefficient (Wildman–Crippen LogP) is 2.68. The number of rotatable bonds is 5. The minimum absolute atomic E-state index is 0.823. The Morgan fingerprint density at radius 3 is 2.26 bits per heavy atom. The number of hydrogen-bond acceptors (Lipinski definition) is 3. The van der Waals surface area contributed by atoms with Crippen LogP contribution < -0.4 is 5.32 Å². The van der Waals surface area contributed by atoms with Gasteiger partial charge in [-0.1, -0.05) is 24.3 Å². The van der Waals surface area contributed by atoms with Gasteiger partial charge in [-0.2, -0.15) is 0 Å². The fourth-order valence-corrected chi connectivity index (χ4v) is 4.51. The van der Waals surface area contributed by atoms with Crippen LogP contribution in [0.1, 0.15) is 42.7 Å². The Balaban J connectivity index is 1.23. The van der Waals surface area contributed by atoms with Crippen molar-refractivity contribution in [2.75, 3.05) is 45.8 Å². The van der Waals surface area contributed by atoms with Crippen LogP contribution in [0.3, 0.4) is 0 Å². The fourth-order valence-electron chi connectivity index (χ4n) is 4.51. The van der Waals surface area contributed by atoms with E-state index in [0.717, 1.165) is 18.4 Å². The second-order valence-electron chi connectivity index (χ2n) is 7.81. The molecule has 0 unspecified atom stereocenters. The summed E-state index contributed by atoms with van der Waals surface area (Å²) < 4.78 is 0. The van der Waals surface area contributed by atoms with Crippen LogP contribution in [-0.4, -0.2) is 55.6 Å². The molecule has 23 heavy (non-hydrogen) atoms. The minimum Gasteiger partial charge on any atom is -0.314 e. The molecule has 0 atom stereocenters. The molecule has 3 aliphatic rings. The molecule has 3 heteroatoms. The zero-order valence-electron chi connectivity index (χ0n) is 14.3. The van der Waals surface area contributed by atoms with Gasteiger partial charge in [0.25, 0.3) is 0 Å². The molecule has 1 aliphatic carbocycles. The molecule has 0 bridgehead atoms. The number of nitrogens with one attached hydrogen (secondary N) is 1. The maximum absolute atomic E-state index is 3.44. The lowest BCUT2D eigenvalue weighted by molar-refractivity contribution is 0.146. The summed E-state index contributed by atoms with van der Waals surface area (Å²) in [4.78, 5) is 5.23. The van der Waals surface area contributed by atoms with Gasteiger partial charge in [0, 0.05) is 39.3 Å². The van der Waals surface area contributed by atoms with E-state index in [-0.39, 0.29) is 0 Å². The maximum atomic E-state index is 3.44. The van der Waals surface area contributed by atoms with Crippen LogP contribution in [-0.2, 0) is 6.54 Å². The molecule has 2 heterocycles. The maximum Gasteiger partial charge on any atom is 0.0233 e. The van der Waals surface area contributed by atoms with E-state index in [2.05, 4.69) is 39.4 Å². The van der Waals surface area contributed by atoms with Gasteiger partial charge < -0.3 is 10.2 Å². The minimum atomic E-state index is 0.823. The fraction of sp³-hybridized carbons (Fsp3) is 0.700. The van der Waals surface area contributed by atoms with Crippen molar-refractivity contribution in [2.24, 2.45) is 5.92 Å². The summed E-state index contributed by atoms with van der Waals surface area (Å²) in [5.74, 6) is 1.76. The second-order valence-corrected chi connectivity index (χ2v) is 7.81. The van der Waals surface area contributed by atoms with Crippen molar-refractivity contribution in [3.8, 4) is 0 Å². The molecule has 3 nitrogen and oxygen atoms in total. The Bertz CT molecular complexity index is 480. The highest BCUT2D eigenvalue weighted by molar-refractivity contribution is 5.27. The lowest BCUT2D eigenvalue weighted by Crippen LogP contribution is -2.46.